The Bertz CT molecular complexity index is 1490. The molecule has 4 heterocycles. The van der Waals surface area contributed by atoms with Gasteiger partial charge in [-0.15, -0.1) is 0 Å². The van der Waals surface area contributed by atoms with Crippen LogP contribution in [-0.4, -0.2) is 68.4 Å². The van der Waals surface area contributed by atoms with Crippen molar-refractivity contribution >= 4 is 23.1 Å². The number of amides is 2. The van der Waals surface area contributed by atoms with Crippen LogP contribution in [0.25, 0.3) is 5.65 Å². The summed E-state index contributed by atoms with van der Waals surface area (Å²) in [5, 5.41) is 14.2. The predicted molar refractivity (Wildman–Crippen MR) is 151 cm³/mol. The summed E-state index contributed by atoms with van der Waals surface area (Å²) in [6.07, 6.45) is -1.90. The van der Waals surface area contributed by atoms with Crippen LogP contribution in [0.1, 0.15) is 73.9 Å². The highest BCUT2D eigenvalue weighted by Crippen LogP contribution is 2.42. The Labute approximate surface area is 251 Å². The molecule has 5 rings (SSSR count). The number of carbonyl (C=O) groups is 2. The van der Waals surface area contributed by atoms with E-state index in [0.717, 1.165) is 0 Å². The zero-order chi connectivity index (χ0) is 31.8. The molecule has 2 amide bonds. The van der Waals surface area contributed by atoms with Crippen LogP contribution >= 0.6 is 0 Å². The molecule has 0 spiro atoms. The van der Waals surface area contributed by atoms with Gasteiger partial charge in [-0.1, -0.05) is 0 Å². The van der Waals surface area contributed by atoms with Crippen LogP contribution in [0.3, 0.4) is 0 Å². The number of nitrogens with one attached hydrogen (secondary N) is 2. The van der Waals surface area contributed by atoms with E-state index in [1.54, 1.807) is 18.3 Å². The first-order chi connectivity index (χ1) is 20.8. The number of rotatable bonds is 9. The second kappa shape index (κ2) is 12.3. The lowest BCUT2D eigenvalue weighted by Crippen LogP contribution is -2.47. The molecule has 44 heavy (non-hydrogen) atoms. The summed E-state index contributed by atoms with van der Waals surface area (Å²) in [5.74, 6) is -6.51. The SMILES string of the molecule is CCN(C)c1cc2nc([C@@H](NC(=O)c3ccnn3CC)C3CCC(F)(F)CC3)cn2nc1CC1C[C@@H](C(F)(F)F)CNC1=O. The van der Waals surface area contributed by atoms with Gasteiger partial charge in [-0.05, 0) is 45.1 Å². The summed E-state index contributed by atoms with van der Waals surface area (Å²) in [6, 6.07) is 2.63. The quantitative estimate of drug-likeness (QED) is 0.338. The summed E-state index contributed by atoms with van der Waals surface area (Å²) in [7, 11) is 1.81. The van der Waals surface area contributed by atoms with E-state index >= 15 is 0 Å². The van der Waals surface area contributed by atoms with Crippen LogP contribution in [0.15, 0.2) is 24.5 Å². The third kappa shape index (κ3) is 6.65. The first-order valence-electron chi connectivity index (χ1n) is 14.9. The van der Waals surface area contributed by atoms with Crippen molar-refractivity contribution in [2.24, 2.45) is 17.8 Å². The van der Waals surface area contributed by atoms with Gasteiger partial charge in [0.25, 0.3) is 5.91 Å². The maximum atomic E-state index is 14.1. The summed E-state index contributed by atoms with van der Waals surface area (Å²) in [4.78, 5) is 32.6. The predicted octanol–water partition coefficient (Wildman–Crippen LogP) is 4.56. The first kappa shape index (κ1) is 31.6. The van der Waals surface area contributed by atoms with Crippen LogP contribution in [-0.2, 0) is 17.8 Å². The van der Waals surface area contributed by atoms with Crippen LogP contribution in [0, 0.1) is 17.8 Å². The number of aromatic nitrogens is 5. The van der Waals surface area contributed by atoms with E-state index in [1.165, 1.54) is 15.4 Å². The highest BCUT2D eigenvalue weighted by Gasteiger charge is 2.45. The number of halogens is 5. The van der Waals surface area contributed by atoms with Crippen molar-refractivity contribution in [3.05, 3.63) is 41.6 Å². The minimum absolute atomic E-state index is 0.0135. The second-order valence-corrected chi connectivity index (χ2v) is 11.8. The number of carbonyl (C=O) groups excluding carboxylic acids is 2. The molecule has 2 N–H and O–H groups in total. The summed E-state index contributed by atoms with van der Waals surface area (Å²) in [6.45, 7) is 4.33. The van der Waals surface area contributed by atoms with E-state index in [0.29, 0.717) is 41.5 Å². The number of anilines is 1. The van der Waals surface area contributed by atoms with Crippen LogP contribution in [0.4, 0.5) is 27.6 Å². The van der Waals surface area contributed by atoms with Crippen molar-refractivity contribution < 1.29 is 31.5 Å². The van der Waals surface area contributed by atoms with E-state index in [1.807, 2.05) is 25.8 Å². The number of hydrogen-bond acceptors (Lipinski definition) is 6. The fraction of sp³-hybridized carbons (Fsp3) is 0.621. The third-order valence-corrected chi connectivity index (χ3v) is 8.86. The zero-order valence-corrected chi connectivity index (χ0v) is 24.9. The molecular weight excluding hydrogens is 587 g/mol. The molecule has 3 atom stereocenters. The Morgan fingerprint density at radius 3 is 2.64 bits per heavy atom. The molecule has 0 radical (unpaired) electrons. The van der Waals surface area contributed by atoms with Crippen molar-refractivity contribution in [1.82, 2.24) is 35.0 Å². The number of hydrogen-bond donors (Lipinski definition) is 2. The Balaban J connectivity index is 1.50. The number of piperidine rings is 1. The van der Waals surface area contributed by atoms with E-state index < -0.39 is 48.3 Å². The molecule has 1 aliphatic heterocycles. The molecule has 1 unspecified atom stereocenters. The maximum absolute atomic E-state index is 14.1. The fourth-order valence-electron chi connectivity index (χ4n) is 6.15. The van der Waals surface area contributed by atoms with Crippen molar-refractivity contribution in [3.8, 4) is 0 Å². The van der Waals surface area contributed by atoms with Crippen LogP contribution < -0.4 is 15.5 Å². The Morgan fingerprint density at radius 2 is 1.98 bits per heavy atom. The van der Waals surface area contributed by atoms with Gasteiger partial charge in [0, 0.05) is 64.1 Å². The number of alkyl halides is 5. The normalized spacial score (nSPS) is 21.7. The largest absolute Gasteiger partial charge is 0.393 e. The number of aryl methyl sites for hydroxylation is 1. The summed E-state index contributed by atoms with van der Waals surface area (Å²) < 4.78 is 71.6. The average molecular weight is 625 g/mol. The zero-order valence-electron chi connectivity index (χ0n) is 24.9. The lowest BCUT2D eigenvalue weighted by molar-refractivity contribution is -0.183. The molecule has 0 aromatic carbocycles. The van der Waals surface area contributed by atoms with Gasteiger partial charge in [0.2, 0.25) is 11.8 Å². The molecule has 0 bridgehead atoms. The average Bonchev–Trinajstić information content (AvgIpc) is 3.62. The second-order valence-electron chi connectivity index (χ2n) is 11.8. The smallest absolute Gasteiger partial charge is 0.373 e. The van der Waals surface area contributed by atoms with Crippen molar-refractivity contribution in [2.75, 3.05) is 25.0 Å². The maximum Gasteiger partial charge on any atom is 0.393 e. The molecule has 240 valence electrons. The standard InChI is InChI=1S/C29H37F5N8O2/c1-4-40(3)23-14-24-37-21(16-42(24)39-20(23)13-18-12-19(29(32,33)34)15-35-26(18)43)25(17-6-9-28(30,31)10-7-17)38-27(44)22-8-11-36-41(22)5-2/h8,11,14,16-19,25H,4-7,9-10,12-13,15H2,1-3H3,(H,35,43)(H,38,44)/t18?,19-,25+/m1/s1. The molecule has 2 fully saturated rings. The van der Waals surface area contributed by atoms with Crippen LogP contribution in [0.5, 0.6) is 0 Å². The lowest BCUT2D eigenvalue weighted by atomic mass is 9.81. The van der Waals surface area contributed by atoms with Crippen LogP contribution in [0.2, 0.25) is 0 Å². The topological polar surface area (TPSA) is 109 Å². The minimum Gasteiger partial charge on any atom is -0.373 e. The Morgan fingerprint density at radius 1 is 1.25 bits per heavy atom. The number of fused-ring (bicyclic) bond motifs is 1. The van der Waals surface area contributed by atoms with Gasteiger partial charge in [-0.2, -0.15) is 23.4 Å². The molecule has 2 aliphatic rings. The van der Waals surface area contributed by atoms with Gasteiger partial charge in [0.15, 0.2) is 5.65 Å². The Hall–Kier alpha value is -3.78. The van der Waals surface area contributed by atoms with E-state index in [2.05, 4.69) is 15.7 Å². The summed E-state index contributed by atoms with van der Waals surface area (Å²) in [5.41, 5.74) is 2.22. The lowest BCUT2D eigenvalue weighted by Gasteiger charge is -2.33. The van der Waals surface area contributed by atoms with Crippen molar-refractivity contribution in [2.45, 2.75) is 77.1 Å². The molecular formula is C29H37F5N8O2. The van der Waals surface area contributed by atoms with Crippen molar-refractivity contribution in [3.63, 3.8) is 0 Å². The molecule has 3 aromatic heterocycles. The first-order valence-corrected chi connectivity index (χ1v) is 14.9. The molecule has 10 nitrogen and oxygen atoms in total. The third-order valence-electron chi connectivity index (χ3n) is 8.86. The van der Waals surface area contributed by atoms with E-state index in [9.17, 15) is 31.5 Å². The van der Waals surface area contributed by atoms with E-state index in [-0.39, 0.29) is 44.4 Å². The Kier molecular flexibility index (Phi) is 8.85. The molecule has 3 aromatic rings. The number of nitrogens with zero attached hydrogens (tertiary/aromatic N) is 6. The highest BCUT2D eigenvalue weighted by molar-refractivity contribution is 5.92. The van der Waals surface area contributed by atoms with Gasteiger partial charge >= 0.3 is 6.18 Å². The molecule has 1 saturated carbocycles. The van der Waals surface area contributed by atoms with Gasteiger partial charge in [0.1, 0.15) is 5.69 Å². The number of imidazole rings is 1. The highest BCUT2D eigenvalue weighted by atomic mass is 19.4. The molecule has 1 saturated heterocycles. The fourth-order valence-corrected chi connectivity index (χ4v) is 6.15. The van der Waals surface area contributed by atoms with Crippen molar-refractivity contribution in [1.29, 1.82) is 0 Å². The van der Waals surface area contributed by atoms with Gasteiger partial charge in [-0.25, -0.2) is 18.3 Å². The van der Waals surface area contributed by atoms with E-state index in [4.69, 9.17) is 10.1 Å². The van der Waals surface area contributed by atoms with Gasteiger partial charge in [-0.3, -0.25) is 14.3 Å². The van der Waals surface area contributed by atoms with Gasteiger partial charge < -0.3 is 15.5 Å². The van der Waals surface area contributed by atoms with Gasteiger partial charge in [0.05, 0.1) is 35.2 Å². The minimum atomic E-state index is -4.43. The molecule has 1 aliphatic carbocycles. The summed E-state index contributed by atoms with van der Waals surface area (Å²) >= 11 is 0. The molecule has 15 heteroatoms. The monoisotopic (exact) mass is 624 g/mol.